The summed E-state index contributed by atoms with van der Waals surface area (Å²) in [5, 5.41) is 4.98. The molecule has 1 N–H and O–H groups in total. The van der Waals surface area contributed by atoms with E-state index in [0.29, 0.717) is 37.5 Å². The molecule has 1 heterocycles. The van der Waals surface area contributed by atoms with Crippen molar-refractivity contribution >= 4 is 34.2 Å². The zero-order valence-electron chi connectivity index (χ0n) is 21.6. The van der Waals surface area contributed by atoms with Gasteiger partial charge in [-0.1, -0.05) is 67.9 Å². The van der Waals surface area contributed by atoms with Crippen LogP contribution in [0.2, 0.25) is 0 Å². The number of hydrogen-bond acceptors (Lipinski definition) is 3. The lowest BCUT2D eigenvalue weighted by Gasteiger charge is -2.29. The summed E-state index contributed by atoms with van der Waals surface area (Å²) in [5.74, 6) is 0.0623. The van der Waals surface area contributed by atoms with Crippen molar-refractivity contribution in [3.05, 3.63) is 77.4 Å². The molecule has 0 radical (unpaired) electrons. The molecule has 3 aromatic carbocycles. The quantitative estimate of drug-likeness (QED) is 0.436. The predicted molar refractivity (Wildman–Crippen MR) is 144 cm³/mol. The van der Waals surface area contributed by atoms with Gasteiger partial charge >= 0.3 is 0 Å². The Morgan fingerprint density at radius 2 is 1.67 bits per heavy atom. The van der Waals surface area contributed by atoms with Crippen LogP contribution < -0.4 is 10.2 Å². The van der Waals surface area contributed by atoms with Gasteiger partial charge in [-0.3, -0.25) is 14.4 Å². The van der Waals surface area contributed by atoms with E-state index in [1.165, 1.54) is 0 Å². The fourth-order valence-electron chi connectivity index (χ4n) is 4.66. The maximum Gasteiger partial charge on any atom is 0.258 e. The van der Waals surface area contributed by atoms with Crippen molar-refractivity contribution in [2.45, 2.75) is 53.1 Å². The van der Waals surface area contributed by atoms with Crippen LogP contribution in [-0.2, 0) is 16.1 Å². The molecule has 36 heavy (non-hydrogen) atoms. The van der Waals surface area contributed by atoms with Gasteiger partial charge in [0.1, 0.15) is 6.04 Å². The summed E-state index contributed by atoms with van der Waals surface area (Å²) in [6, 6.07) is 19.1. The lowest BCUT2D eigenvalue weighted by Crippen LogP contribution is -2.48. The molecule has 0 bridgehead atoms. The Labute approximate surface area is 213 Å². The number of amides is 3. The van der Waals surface area contributed by atoms with Crippen LogP contribution >= 0.6 is 0 Å². The maximum atomic E-state index is 13.4. The summed E-state index contributed by atoms with van der Waals surface area (Å²) in [5.41, 5.74) is 3.74. The van der Waals surface area contributed by atoms with E-state index in [1.54, 1.807) is 16.7 Å². The van der Waals surface area contributed by atoms with Crippen LogP contribution in [0.4, 0.5) is 5.69 Å². The third kappa shape index (κ3) is 5.43. The van der Waals surface area contributed by atoms with Crippen LogP contribution in [-0.4, -0.2) is 41.8 Å². The smallest absolute Gasteiger partial charge is 0.258 e. The van der Waals surface area contributed by atoms with E-state index in [4.69, 9.17) is 0 Å². The molecule has 0 saturated heterocycles. The van der Waals surface area contributed by atoms with E-state index in [0.717, 1.165) is 27.6 Å². The van der Waals surface area contributed by atoms with Crippen molar-refractivity contribution in [1.29, 1.82) is 0 Å². The summed E-state index contributed by atoms with van der Waals surface area (Å²) >= 11 is 0. The number of nitrogens with zero attached hydrogens (tertiary/aromatic N) is 2. The molecule has 0 spiro atoms. The SMILES string of the molecule is Cc1ccc(CN(C(=O)CCCN2C(=O)c3cccc4cccc2c34)C(C)C(=O)NCC(C)C)cc1. The first kappa shape index (κ1) is 25.4. The highest BCUT2D eigenvalue weighted by Crippen LogP contribution is 2.37. The zero-order chi connectivity index (χ0) is 25.8. The molecule has 0 aromatic heterocycles. The van der Waals surface area contributed by atoms with E-state index in [1.807, 2.05) is 81.4 Å². The van der Waals surface area contributed by atoms with Crippen LogP contribution in [0.5, 0.6) is 0 Å². The van der Waals surface area contributed by atoms with Crippen LogP contribution in [0.3, 0.4) is 0 Å². The van der Waals surface area contributed by atoms with Gasteiger partial charge in [0.2, 0.25) is 11.8 Å². The van der Waals surface area contributed by atoms with E-state index in [9.17, 15) is 14.4 Å². The molecular formula is C30H35N3O3. The first-order chi connectivity index (χ1) is 17.3. The molecular weight excluding hydrogens is 450 g/mol. The zero-order valence-corrected chi connectivity index (χ0v) is 21.6. The van der Waals surface area contributed by atoms with Crippen LogP contribution in [0.25, 0.3) is 10.8 Å². The second kappa shape index (κ2) is 10.9. The third-order valence-electron chi connectivity index (χ3n) is 6.75. The molecule has 1 unspecified atom stereocenters. The molecule has 3 aromatic rings. The predicted octanol–water partition coefficient (Wildman–Crippen LogP) is 5.08. The Bertz CT molecular complexity index is 1260. The summed E-state index contributed by atoms with van der Waals surface area (Å²) in [4.78, 5) is 42.7. The van der Waals surface area contributed by atoms with E-state index in [-0.39, 0.29) is 24.1 Å². The van der Waals surface area contributed by atoms with Gasteiger partial charge in [-0.25, -0.2) is 0 Å². The molecule has 1 aliphatic heterocycles. The summed E-state index contributed by atoms with van der Waals surface area (Å²) in [6.07, 6.45) is 0.767. The average Bonchev–Trinajstić information content (AvgIpc) is 3.14. The number of rotatable bonds is 10. The third-order valence-corrected chi connectivity index (χ3v) is 6.75. The standard InChI is InChI=1S/C30H35N3O3/c1-20(2)18-31-29(35)22(4)33(19-23-15-13-21(3)14-16-23)27(34)12-7-17-32-26-11-6-9-24-8-5-10-25(28(24)26)30(32)36/h5-6,8-11,13-16,20,22H,7,12,17-19H2,1-4H3,(H,31,35). The van der Waals surface area contributed by atoms with Crippen molar-refractivity contribution in [1.82, 2.24) is 10.2 Å². The lowest BCUT2D eigenvalue weighted by atomic mass is 10.1. The fourth-order valence-corrected chi connectivity index (χ4v) is 4.66. The Balaban J connectivity index is 1.45. The second-order valence-electron chi connectivity index (χ2n) is 10.1. The minimum Gasteiger partial charge on any atom is -0.354 e. The van der Waals surface area contributed by atoms with Crippen molar-refractivity contribution in [2.75, 3.05) is 18.0 Å². The van der Waals surface area contributed by atoms with E-state index < -0.39 is 6.04 Å². The van der Waals surface area contributed by atoms with Gasteiger partial charge in [-0.2, -0.15) is 0 Å². The highest BCUT2D eigenvalue weighted by Gasteiger charge is 2.30. The summed E-state index contributed by atoms with van der Waals surface area (Å²) < 4.78 is 0. The Morgan fingerprint density at radius 3 is 2.36 bits per heavy atom. The van der Waals surface area contributed by atoms with Crippen molar-refractivity contribution in [2.24, 2.45) is 5.92 Å². The van der Waals surface area contributed by atoms with Gasteiger partial charge in [0.25, 0.3) is 5.91 Å². The molecule has 0 fully saturated rings. The van der Waals surface area contributed by atoms with Crippen molar-refractivity contribution in [3.63, 3.8) is 0 Å². The molecule has 6 nitrogen and oxygen atoms in total. The van der Waals surface area contributed by atoms with Gasteiger partial charge in [-0.05, 0) is 49.3 Å². The lowest BCUT2D eigenvalue weighted by molar-refractivity contribution is -0.140. The highest BCUT2D eigenvalue weighted by molar-refractivity contribution is 6.25. The molecule has 0 saturated carbocycles. The first-order valence-corrected chi connectivity index (χ1v) is 12.7. The van der Waals surface area contributed by atoms with Gasteiger partial charge in [0.15, 0.2) is 0 Å². The largest absolute Gasteiger partial charge is 0.354 e. The molecule has 188 valence electrons. The number of carbonyl (C=O) groups is 3. The Hall–Kier alpha value is -3.67. The summed E-state index contributed by atoms with van der Waals surface area (Å²) in [6.45, 7) is 9.26. The van der Waals surface area contributed by atoms with E-state index in [2.05, 4.69) is 5.32 Å². The van der Waals surface area contributed by atoms with Crippen molar-refractivity contribution < 1.29 is 14.4 Å². The second-order valence-corrected chi connectivity index (χ2v) is 10.1. The Kier molecular flexibility index (Phi) is 7.73. The van der Waals surface area contributed by atoms with Crippen LogP contribution in [0.15, 0.2) is 60.7 Å². The minimum atomic E-state index is -0.594. The van der Waals surface area contributed by atoms with Crippen LogP contribution in [0, 0.1) is 12.8 Å². The van der Waals surface area contributed by atoms with Crippen molar-refractivity contribution in [3.8, 4) is 0 Å². The topological polar surface area (TPSA) is 69.7 Å². The van der Waals surface area contributed by atoms with E-state index >= 15 is 0 Å². The molecule has 0 aliphatic carbocycles. The highest BCUT2D eigenvalue weighted by atomic mass is 16.2. The number of aryl methyl sites for hydroxylation is 1. The first-order valence-electron chi connectivity index (χ1n) is 12.7. The summed E-state index contributed by atoms with van der Waals surface area (Å²) in [7, 11) is 0. The fraction of sp³-hybridized carbons (Fsp3) is 0.367. The number of benzene rings is 3. The van der Waals surface area contributed by atoms with Gasteiger partial charge < -0.3 is 15.1 Å². The monoisotopic (exact) mass is 485 g/mol. The number of nitrogens with one attached hydrogen (secondary N) is 1. The van der Waals surface area contributed by atoms with Gasteiger partial charge in [0.05, 0.1) is 5.69 Å². The number of carbonyl (C=O) groups excluding carboxylic acids is 3. The minimum absolute atomic E-state index is 0.0211. The molecule has 3 amide bonds. The molecule has 1 aliphatic rings. The number of hydrogen-bond donors (Lipinski definition) is 1. The van der Waals surface area contributed by atoms with Gasteiger partial charge in [-0.15, -0.1) is 0 Å². The van der Waals surface area contributed by atoms with Gasteiger partial charge in [0, 0.05) is 37.0 Å². The average molecular weight is 486 g/mol. The molecule has 4 rings (SSSR count). The molecule has 1 atom stereocenters. The Morgan fingerprint density at radius 1 is 0.972 bits per heavy atom. The number of anilines is 1. The normalized spacial score (nSPS) is 13.4. The maximum absolute atomic E-state index is 13.4. The molecule has 6 heteroatoms. The van der Waals surface area contributed by atoms with Crippen LogP contribution in [0.1, 0.15) is 55.1 Å².